The fourth-order valence-corrected chi connectivity index (χ4v) is 2.78. The molecular formula is C16H26N2. The Kier molecular flexibility index (Phi) is 5.21. The van der Waals surface area contributed by atoms with Gasteiger partial charge in [0.1, 0.15) is 0 Å². The largest absolute Gasteiger partial charge is 0.316 e. The summed E-state index contributed by atoms with van der Waals surface area (Å²) in [4.78, 5) is 2.52. The minimum absolute atomic E-state index is 0.620. The lowest BCUT2D eigenvalue weighted by Gasteiger charge is -2.31. The number of piperidine rings is 1. The quantitative estimate of drug-likeness (QED) is 0.859. The molecule has 0 saturated carbocycles. The van der Waals surface area contributed by atoms with Crippen LogP contribution in [0, 0.1) is 5.92 Å². The molecule has 0 amide bonds. The third kappa shape index (κ3) is 4.11. The lowest BCUT2D eigenvalue weighted by atomic mass is 9.98. The summed E-state index contributed by atoms with van der Waals surface area (Å²) >= 11 is 0. The van der Waals surface area contributed by atoms with Crippen LogP contribution in [-0.4, -0.2) is 37.6 Å². The molecule has 0 radical (unpaired) electrons. The van der Waals surface area contributed by atoms with E-state index < -0.39 is 0 Å². The summed E-state index contributed by atoms with van der Waals surface area (Å²) in [5.74, 6) is 0.835. The van der Waals surface area contributed by atoms with Crippen molar-refractivity contribution < 1.29 is 0 Å². The second-order valence-electron chi connectivity index (χ2n) is 5.69. The summed E-state index contributed by atoms with van der Waals surface area (Å²) in [6, 6.07) is 11.4. The molecule has 2 rings (SSSR count). The summed E-state index contributed by atoms with van der Waals surface area (Å²) in [5, 5.41) is 3.50. The first-order valence-electron chi connectivity index (χ1n) is 7.20. The van der Waals surface area contributed by atoms with Crippen molar-refractivity contribution in [3.63, 3.8) is 0 Å². The predicted molar refractivity (Wildman–Crippen MR) is 77.8 cm³/mol. The molecule has 1 fully saturated rings. The average molecular weight is 246 g/mol. The maximum atomic E-state index is 3.50. The number of benzene rings is 1. The maximum Gasteiger partial charge on any atom is 0.0104 e. The zero-order valence-electron chi connectivity index (χ0n) is 11.7. The van der Waals surface area contributed by atoms with Crippen LogP contribution >= 0.6 is 0 Å². The standard InChI is InChI=1S/C16H26N2/c1-14(11-15-7-4-3-5-8-15)18(2)13-16-9-6-10-17-12-16/h3-5,7-8,14,16-17H,6,9-13H2,1-2H3. The minimum atomic E-state index is 0.620. The van der Waals surface area contributed by atoms with Crippen LogP contribution in [0.1, 0.15) is 25.3 Å². The SMILES string of the molecule is CC(Cc1ccccc1)N(C)CC1CCCNC1. The van der Waals surface area contributed by atoms with E-state index in [9.17, 15) is 0 Å². The van der Waals surface area contributed by atoms with E-state index in [1.165, 1.54) is 38.0 Å². The molecule has 0 aromatic heterocycles. The fraction of sp³-hybridized carbons (Fsp3) is 0.625. The van der Waals surface area contributed by atoms with Gasteiger partial charge in [0.05, 0.1) is 0 Å². The van der Waals surface area contributed by atoms with Gasteiger partial charge < -0.3 is 10.2 Å². The molecule has 0 spiro atoms. The van der Waals surface area contributed by atoms with Crippen molar-refractivity contribution in [2.24, 2.45) is 5.92 Å². The Morgan fingerprint density at radius 3 is 2.78 bits per heavy atom. The van der Waals surface area contributed by atoms with Crippen molar-refractivity contribution in [1.82, 2.24) is 10.2 Å². The van der Waals surface area contributed by atoms with Crippen LogP contribution in [0.15, 0.2) is 30.3 Å². The number of hydrogen-bond donors (Lipinski definition) is 1. The van der Waals surface area contributed by atoms with Gasteiger partial charge >= 0.3 is 0 Å². The zero-order chi connectivity index (χ0) is 12.8. The molecule has 1 saturated heterocycles. The van der Waals surface area contributed by atoms with Gasteiger partial charge in [-0.2, -0.15) is 0 Å². The zero-order valence-corrected chi connectivity index (χ0v) is 11.7. The number of nitrogens with zero attached hydrogens (tertiary/aromatic N) is 1. The Morgan fingerprint density at radius 1 is 1.33 bits per heavy atom. The third-order valence-corrected chi connectivity index (χ3v) is 4.07. The van der Waals surface area contributed by atoms with E-state index in [1.807, 2.05) is 0 Å². The van der Waals surface area contributed by atoms with Crippen LogP contribution < -0.4 is 5.32 Å². The first kappa shape index (κ1) is 13.6. The van der Waals surface area contributed by atoms with Gasteiger partial charge in [-0.15, -0.1) is 0 Å². The van der Waals surface area contributed by atoms with E-state index in [1.54, 1.807) is 0 Å². The van der Waals surface area contributed by atoms with Crippen molar-refractivity contribution in [2.75, 3.05) is 26.7 Å². The number of rotatable bonds is 5. The van der Waals surface area contributed by atoms with Crippen LogP contribution in [-0.2, 0) is 6.42 Å². The van der Waals surface area contributed by atoms with Crippen LogP contribution in [0.5, 0.6) is 0 Å². The van der Waals surface area contributed by atoms with Crippen molar-refractivity contribution >= 4 is 0 Å². The molecule has 1 heterocycles. The normalized spacial score (nSPS) is 22.1. The lowest BCUT2D eigenvalue weighted by molar-refractivity contribution is 0.197. The lowest BCUT2D eigenvalue weighted by Crippen LogP contribution is -2.40. The number of likely N-dealkylation sites (N-methyl/N-ethyl adjacent to an activating group) is 1. The van der Waals surface area contributed by atoms with Crippen molar-refractivity contribution in [3.8, 4) is 0 Å². The maximum absolute atomic E-state index is 3.50. The van der Waals surface area contributed by atoms with Gasteiger partial charge in [0.15, 0.2) is 0 Å². The van der Waals surface area contributed by atoms with Gasteiger partial charge in [-0.1, -0.05) is 30.3 Å². The monoisotopic (exact) mass is 246 g/mol. The Morgan fingerprint density at radius 2 is 2.11 bits per heavy atom. The molecule has 2 heteroatoms. The highest BCUT2D eigenvalue weighted by atomic mass is 15.1. The van der Waals surface area contributed by atoms with E-state index >= 15 is 0 Å². The van der Waals surface area contributed by atoms with Crippen LogP contribution in [0.3, 0.4) is 0 Å². The number of hydrogen-bond acceptors (Lipinski definition) is 2. The third-order valence-electron chi connectivity index (χ3n) is 4.07. The van der Waals surface area contributed by atoms with Gasteiger partial charge in [0.2, 0.25) is 0 Å². The minimum Gasteiger partial charge on any atom is -0.316 e. The molecule has 100 valence electrons. The topological polar surface area (TPSA) is 15.3 Å². The molecule has 1 aromatic rings. The van der Waals surface area contributed by atoms with Gasteiger partial charge in [0.25, 0.3) is 0 Å². The van der Waals surface area contributed by atoms with Crippen LogP contribution in [0.2, 0.25) is 0 Å². The van der Waals surface area contributed by atoms with Gasteiger partial charge in [-0.05, 0) is 57.8 Å². The van der Waals surface area contributed by atoms with E-state index in [4.69, 9.17) is 0 Å². The first-order valence-corrected chi connectivity index (χ1v) is 7.20. The highest BCUT2D eigenvalue weighted by Gasteiger charge is 2.17. The molecule has 18 heavy (non-hydrogen) atoms. The molecular weight excluding hydrogens is 220 g/mol. The summed E-state index contributed by atoms with van der Waals surface area (Å²) < 4.78 is 0. The van der Waals surface area contributed by atoms with Gasteiger partial charge in [-0.25, -0.2) is 0 Å². The predicted octanol–water partition coefficient (Wildman–Crippen LogP) is 2.55. The molecule has 1 aromatic carbocycles. The Hall–Kier alpha value is -0.860. The van der Waals surface area contributed by atoms with E-state index in [0.717, 1.165) is 12.3 Å². The summed E-state index contributed by atoms with van der Waals surface area (Å²) in [5.41, 5.74) is 1.44. The van der Waals surface area contributed by atoms with Crippen LogP contribution in [0.25, 0.3) is 0 Å². The highest BCUT2D eigenvalue weighted by molar-refractivity contribution is 5.15. The van der Waals surface area contributed by atoms with Crippen molar-refractivity contribution in [3.05, 3.63) is 35.9 Å². The molecule has 0 bridgehead atoms. The second kappa shape index (κ2) is 6.91. The fourth-order valence-electron chi connectivity index (χ4n) is 2.78. The smallest absolute Gasteiger partial charge is 0.0104 e. The molecule has 1 aliphatic heterocycles. The van der Waals surface area contributed by atoms with Crippen LogP contribution in [0.4, 0.5) is 0 Å². The second-order valence-corrected chi connectivity index (χ2v) is 5.69. The summed E-state index contributed by atoms with van der Waals surface area (Å²) in [7, 11) is 2.27. The van der Waals surface area contributed by atoms with Gasteiger partial charge in [0, 0.05) is 12.6 Å². The van der Waals surface area contributed by atoms with E-state index in [2.05, 4.69) is 54.5 Å². The molecule has 2 atom stereocenters. The number of nitrogens with one attached hydrogen (secondary N) is 1. The molecule has 1 N–H and O–H groups in total. The molecule has 0 aliphatic carbocycles. The van der Waals surface area contributed by atoms with E-state index in [-0.39, 0.29) is 0 Å². The van der Waals surface area contributed by atoms with E-state index in [0.29, 0.717) is 6.04 Å². The molecule has 1 aliphatic rings. The summed E-state index contributed by atoms with van der Waals surface area (Å²) in [6.07, 6.45) is 3.87. The molecule has 2 nitrogen and oxygen atoms in total. The highest BCUT2D eigenvalue weighted by Crippen LogP contribution is 2.14. The average Bonchev–Trinajstić information content (AvgIpc) is 2.41. The Balaban J connectivity index is 1.79. The Labute approximate surface area is 111 Å². The van der Waals surface area contributed by atoms with Crippen molar-refractivity contribution in [1.29, 1.82) is 0 Å². The summed E-state index contributed by atoms with van der Waals surface area (Å²) in [6.45, 7) is 5.96. The van der Waals surface area contributed by atoms with Crippen molar-refractivity contribution in [2.45, 2.75) is 32.2 Å². The first-order chi connectivity index (χ1) is 8.75. The Bertz CT molecular complexity index is 330. The molecule has 2 unspecified atom stereocenters. The van der Waals surface area contributed by atoms with Gasteiger partial charge in [-0.3, -0.25) is 0 Å².